The lowest BCUT2D eigenvalue weighted by molar-refractivity contribution is 0.0919. The Labute approximate surface area is 176 Å². The predicted octanol–water partition coefficient (Wildman–Crippen LogP) is 3.14. The largest absolute Gasteiger partial charge is 0.356 e. The Hall–Kier alpha value is -2.08. The van der Waals surface area contributed by atoms with Crippen molar-refractivity contribution in [3.05, 3.63) is 35.4 Å². The van der Waals surface area contributed by atoms with Gasteiger partial charge >= 0.3 is 0 Å². The maximum Gasteiger partial charge on any atom is 0.251 e. The number of nitrogens with zero attached hydrogens (tertiary/aromatic N) is 2. The molecule has 0 bridgehead atoms. The quantitative estimate of drug-likeness (QED) is 0.373. The highest BCUT2D eigenvalue weighted by atomic mass is 16.1. The molecule has 1 atom stereocenters. The lowest BCUT2D eigenvalue weighted by Crippen LogP contribution is -2.41. The molecule has 0 aliphatic carbocycles. The first-order chi connectivity index (χ1) is 13.8. The number of piperidine rings is 1. The second-order valence-electron chi connectivity index (χ2n) is 8.99. The Morgan fingerprint density at radius 1 is 1.24 bits per heavy atom. The molecule has 1 amide bonds. The molecule has 1 saturated heterocycles. The van der Waals surface area contributed by atoms with Crippen molar-refractivity contribution in [3.63, 3.8) is 0 Å². The van der Waals surface area contributed by atoms with Crippen LogP contribution in [0.5, 0.6) is 0 Å². The molecule has 162 valence electrons. The van der Waals surface area contributed by atoms with Crippen molar-refractivity contribution in [1.29, 1.82) is 0 Å². The Bertz CT molecular complexity index is 680. The average molecular weight is 402 g/mol. The number of carbonyl (C=O) groups is 1. The van der Waals surface area contributed by atoms with E-state index in [9.17, 15) is 4.79 Å². The SMILES string of the molecule is CN=C(NCCCN1CCCCC1C)NCc1cccc(C(=O)NC(C)(C)C)c1. The molecule has 6 heteroatoms. The number of benzene rings is 1. The highest BCUT2D eigenvalue weighted by molar-refractivity contribution is 5.94. The summed E-state index contributed by atoms with van der Waals surface area (Å²) in [7, 11) is 1.79. The van der Waals surface area contributed by atoms with Gasteiger partial charge in [-0.25, -0.2) is 0 Å². The monoisotopic (exact) mass is 401 g/mol. The summed E-state index contributed by atoms with van der Waals surface area (Å²) in [4.78, 5) is 19.3. The van der Waals surface area contributed by atoms with Crippen LogP contribution in [0.1, 0.15) is 69.3 Å². The summed E-state index contributed by atoms with van der Waals surface area (Å²) >= 11 is 0. The maximum atomic E-state index is 12.4. The molecule has 1 fully saturated rings. The van der Waals surface area contributed by atoms with Gasteiger partial charge in [0.1, 0.15) is 0 Å². The lowest BCUT2D eigenvalue weighted by atomic mass is 10.0. The Morgan fingerprint density at radius 3 is 2.72 bits per heavy atom. The summed E-state index contributed by atoms with van der Waals surface area (Å²) in [5, 5.41) is 9.74. The van der Waals surface area contributed by atoms with Gasteiger partial charge in [-0.05, 0) is 71.2 Å². The first-order valence-corrected chi connectivity index (χ1v) is 10.9. The van der Waals surface area contributed by atoms with E-state index >= 15 is 0 Å². The lowest BCUT2D eigenvalue weighted by Gasteiger charge is -2.33. The van der Waals surface area contributed by atoms with Gasteiger partial charge in [0.25, 0.3) is 5.91 Å². The number of carbonyl (C=O) groups excluding carboxylic acids is 1. The minimum absolute atomic E-state index is 0.0474. The van der Waals surface area contributed by atoms with Crippen molar-refractivity contribution >= 4 is 11.9 Å². The van der Waals surface area contributed by atoms with Crippen LogP contribution < -0.4 is 16.0 Å². The number of aliphatic imine (C=N–C) groups is 1. The molecular weight excluding hydrogens is 362 g/mol. The van der Waals surface area contributed by atoms with Gasteiger partial charge in [0.05, 0.1) is 0 Å². The average Bonchev–Trinajstić information content (AvgIpc) is 2.67. The van der Waals surface area contributed by atoms with E-state index in [1.54, 1.807) is 7.05 Å². The topological polar surface area (TPSA) is 68.8 Å². The molecular formula is C23H39N5O. The highest BCUT2D eigenvalue weighted by Crippen LogP contribution is 2.16. The van der Waals surface area contributed by atoms with Crippen LogP contribution in [0.15, 0.2) is 29.3 Å². The van der Waals surface area contributed by atoms with Crippen LogP contribution in [0.2, 0.25) is 0 Å². The van der Waals surface area contributed by atoms with Gasteiger partial charge in [-0.3, -0.25) is 9.79 Å². The van der Waals surface area contributed by atoms with Crippen LogP contribution in [0.3, 0.4) is 0 Å². The minimum Gasteiger partial charge on any atom is -0.356 e. The molecule has 1 aliphatic heterocycles. The third-order valence-electron chi connectivity index (χ3n) is 5.22. The van der Waals surface area contributed by atoms with Crippen molar-refractivity contribution in [3.8, 4) is 0 Å². The third kappa shape index (κ3) is 8.44. The molecule has 0 aromatic heterocycles. The standard InChI is InChI=1S/C23H39N5O/c1-18-10-6-7-14-28(18)15-9-13-25-22(24-5)26-17-19-11-8-12-20(16-19)21(29)27-23(2,3)4/h8,11-12,16,18H,6-7,9-10,13-15,17H2,1-5H3,(H,27,29)(H2,24,25,26). The van der Waals surface area contributed by atoms with Crippen LogP contribution in [0, 0.1) is 0 Å². The van der Waals surface area contributed by atoms with Crippen molar-refractivity contribution in [2.24, 2.45) is 4.99 Å². The minimum atomic E-state index is -0.247. The molecule has 2 rings (SSSR count). The second-order valence-corrected chi connectivity index (χ2v) is 8.99. The molecule has 6 nitrogen and oxygen atoms in total. The summed E-state index contributed by atoms with van der Waals surface area (Å²) in [6.45, 7) is 12.2. The van der Waals surface area contributed by atoms with E-state index in [0.29, 0.717) is 18.2 Å². The van der Waals surface area contributed by atoms with Gasteiger partial charge in [-0.15, -0.1) is 0 Å². The summed E-state index contributed by atoms with van der Waals surface area (Å²) in [5.41, 5.74) is 1.48. The highest BCUT2D eigenvalue weighted by Gasteiger charge is 2.17. The number of hydrogen-bond donors (Lipinski definition) is 3. The zero-order valence-electron chi connectivity index (χ0n) is 18.8. The van der Waals surface area contributed by atoms with E-state index in [0.717, 1.165) is 31.0 Å². The molecule has 3 N–H and O–H groups in total. The predicted molar refractivity (Wildman–Crippen MR) is 121 cm³/mol. The molecule has 1 heterocycles. The summed E-state index contributed by atoms with van der Waals surface area (Å²) < 4.78 is 0. The second kappa shape index (κ2) is 11.2. The fraction of sp³-hybridized carbons (Fsp3) is 0.652. The van der Waals surface area contributed by atoms with Gasteiger partial charge in [0.15, 0.2) is 5.96 Å². The summed E-state index contributed by atoms with van der Waals surface area (Å²) in [6, 6.07) is 8.43. The van der Waals surface area contributed by atoms with E-state index < -0.39 is 0 Å². The third-order valence-corrected chi connectivity index (χ3v) is 5.22. The number of likely N-dealkylation sites (tertiary alicyclic amines) is 1. The van der Waals surface area contributed by atoms with Gasteiger partial charge in [0.2, 0.25) is 0 Å². The molecule has 0 spiro atoms. The van der Waals surface area contributed by atoms with E-state index in [-0.39, 0.29) is 11.4 Å². The number of nitrogens with one attached hydrogen (secondary N) is 3. The van der Waals surface area contributed by atoms with Crippen LogP contribution in [-0.2, 0) is 6.54 Å². The molecule has 29 heavy (non-hydrogen) atoms. The molecule has 1 aromatic rings. The normalized spacial score (nSPS) is 18.4. The summed E-state index contributed by atoms with van der Waals surface area (Å²) in [5.74, 6) is 0.745. The van der Waals surface area contributed by atoms with Crippen LogP contribution in [-0.4, -0.2) is 55.0 Å². The first-order valence-electron chi connectivity index (χ1n) is 10.9. The van der Waals surface area contributed by atoms with Gasteiger partial charge in [-0.1, -0.05) is 18.6 Å². The van der Waals surface area contributed by atoms with E-state index in [1.807, 2.05) is 45.0 Å². The Kier molecular flexibility index (Phi) is 8.96. The van der Waals surface area contributed by atoms with Gasteiger partial charge in [-0.2, -0.15) is 0 Å². The Morgan fingerprint density at radius 2 is 2.03 bits per heavy atom. The smallest absolute Gasteiger partial charge is 0.251 e. The number of rotatable bonds is 7. The number of amides is 1. The number of guanidine groups is 1. The molecule has 1 unspecified atom stereocenters. The van der Waals surface area contributed by atoms with Crippen molar-refractivity contribution in [1.82, 2.24) is 20.9 Å². The fourth-order valence-electron chi connectivity index (χ4n) is 3.62. The van der Waals surface area contributed by atoms with Crippen molar-refractivity contribution in [2.45, 2.75) is 71.5 Å². The van der Waals surface area contributed by atoms with E-state index in [2.05, 4.69) is 32.8 Å². The van der Waals surface area contributed by atoms with Crippen LogP contribution in [0.25, 0.3) is 0 Å². The number of hydrogen-bond acceptors (Lipinski definition) is 3. The van der Waals surface area contributed by atoms with E-state index in [1.165, 1.54) is 25.8 Å². The zero-order valence-corrected chi connectivity index (χ0v) is 18.8. The van der Waals surface area contributed by atoms with E-state index in [4.69, 9.17) is 0 Å². The Balaban J connectivity index is 1.76. The fourth-order valence-corrected chi connectivity index (χ4v) is 3.62. The van der Waals surface area contributed by atoms with Gasteiger partial charge < -0.3 is 20.9 Å². The summed E-state index contributed by atoms with van der Waals surface area (Å²) in [6.07, 6.45) is 5.12. The van der Waals surface area contributed by atoms with Crippen molar-refractivity contribution in [2.75, 3.05) is 26.7 Å². The molecule has 1 aliphatic rings. The zero-order chi connectivity index (χ0) is 21.3. The van der Waals surface area contributed by atoms with Crippen LogP contribution in [0.4, 0.5) is 0 Å². The van der Waals surface area contributed by atoms with Crippen LogP contribution >= 0.6 is 0 Å². The molecule has 0 radical (unpaired) electrons. The van der Waals surface area contributed by atoms with Gasteiger partial charge in [0, 0.05) is 43.8 Å². The first kappa shape index (κ1) is 23.2. The molecule has 1 aromatic carbocycles. The maximum absolute atomic E-state index is 12.4. The van der Waals surface area contributed by atoms with Crippen molar-refractivity contribution < 1.29 is 4.79 Å². The molecule has 0 saturated carbocycles.